The molecule has 36 heavy (non-hydrogen) atoms. The van der Waals surface area contributed by atoms with Crippen LogP contribution in [-0.2, 0) is 11.2 Å². The molecule has 0 aromatic heterocycles. The van der Waals surface area contributed by atoms with Crippen LogP contribution >= 0.6 is 0 Å². The molecular weight excluding hydrogens is 446 g/mol. The molecule has 0 aliphatic heterocycles. The molecule has 3 aliphatic rings. The minimum absolute atomic E-state index is 0.0320. The van der Waals surface area contributed by atoms with E-state index in [1.807, 2.05) is 12.1 Å². The van der Waals surface area contributed by atoms with Gasteiger partial charge in [0.25, 0.3) is 0 Å². The molecule has 0 bridgehead atoms. The number of alkyl carbamates (subject to hydrolysis) is 1. The molecule has 0 spiro atoms. The number of hydrogen-bond donors (Lipinski definition) is 2. The summed E-state index contributed by atoms with van der Waals surface area (Å²) in [6.45, 7) is 7.78. The zero-order valence-electron chi connectivity index (χ0n) is 23.2. The van der Waals surface area contributed by atoms with E-state index in [0.717, 1.165) is 45.1 Å². The van der Waals surface area contributed by atoms with Crippen molar-refractivity contribution in [1.82, 2.24) is 5.32 Å². The van der Waals surface area contributed by atoms with Crippen LogP contribution in [0.15, 0.2) is 18.2 Å². The Morgan fingerprint density at radius 3 is 2.44 bits per heavy atom. The average molecular weight is 498 g/mol. The van der Waals surface area contributed by atoms with Crippen LogP contribution in [-0.4, -0.2) is 23.8 Å². The second kappa shape index (κ2) is 12.7. The van der Waals surface area contributed by atoms with Crippen LogP contribution in [0.1, 0.15) is 128 Å². The Morgan fingerprint density at radius 2 is 1.72 bits per heavy atom. The number of aromatic hydroxyl groups is 1. The lowest BCUT2D eigenvalue weighted by atomic mass is 9.53. The number of amides is 1. The minimum atomic E-state index is -0.211. The van der Waals surface area contributed by atoms with Crippen molar-refractivity contribution < 1.29 is 14.6 Å². The van der Waals surface area contributed by atoms with E-state index >= 15 is 0 Å². The van der Waals surface area contributed by atoms with Crippen LogP contribution < -0.4 is 5.32 Å². The summed E-state index contributed by atoms with van der Waals surface area (Å²) in [6.07, 6.45) is 18.3. The molecule has 2 N–H and O–H groups in total. The normalized spacial score (nSPS) is 30.8. The lowest BCUT2D eigenvalue weighted by molar-refractivity contribution is -0.0423. The van der Waals surface area contributed by atoms with E-state index in [2.05, 4.69) is 32.2 Å². The molecule has 0 radical (unpaired) electrons. The van der Waals surface area contributed by atoms with Gasteiger partial charge in [-0.2, -0.15) is 0 Å². The monoisotopic (exact) mass is 497 g/mol. The quantitative estimate of drug-likeness (QED) is 0.285. The molecule has 0 heterocycles. The van der Waals surface area contributed by atoms with Crippen LogP contribution in [0, 0.1) is 23.2 Å². The number of benzene rings is 1. The molecule has 3 unspecified atom stereocenters. The fourth-order valence-corrected chi connectivity index (χ4v) is 8.08. The first kappa shape index (κ1) is 27.3. The number of ether oxygens (including phenoxy) is 1. The smallest absolute Gasteiger partial charge is 0.407 e. The summed E-state index contributed by atoms with van der Waals surface area (Å²) in [4.78, 5) is 12.7. The number of carbonyl (C=O) groups is 1. The predicted molar refractivity (Wildman–Crippen MR) is 147 cm³/mol. The highest BCUT2D eigenvalue weighted by Gasteiger charge is 2.57. The zero-order chi connectivity index (χ0) is 25.5. The summed E-state index contributed by atoms with van der Waals surface area (Å²) in [5.74, 6) is 2.81. The van der Waals surface area contributed by atoms with Gasteiger partial charge in [-0.05, 0) is 85.5 Å². The zero-order valence-corrected chi connectivity index (χ0v) is 23.2. The maximum absolute atomic E-state index is 12.7. The third-order valence-electron chi connectivity index (χ3n) is 10.0. The van der Waals surface area contributed by atoms with E-state index in [-0.39, 0.29) is 17.6 Å². The van der Waals surface area contributed by atoms with Gasteiger partial charge >= 0.3 is 6.09 Å². The minimum Gasteiger partial charge on any atom is -0.508 e. The average Bonchev–Trinajstić information content (AvgIpc) is 3.18. The third kappa shape index (κ3) is 6.22. The number of phenols is 1. The first-order valence-corrected chi connectivity index (χ1v) is 15.2. The number of hydrogen-bond acceptors (Lipinski definition) is 3. The van der Waals surface area contributed by atoms with Crippen molar-refractivity contribution in [3.8, 4) is 5.75 Å². The van der Waals surface area contributed by atoms with Gasteiger partial charge in [0.1, 0.15) is 11.9 Å². The molecule has 6 atom stereocenters. The number of carbonyl (C=O) groups excluding carboxylic acids is 1. The standard InChI is InChI=1S/C32H51NO3/c1-4-5-6-7-8-9-10-11-12-13-20-33-31(35)36-29-17-16-28-30-23(2)21-24-22-25(34)14-15-26(24)27(30)18-19-32(28,29)3/h14-15,22-23,27-30,34H,4-13,16-21H2,1-3H3,(H,33,35)/t23-,27?,28?,29-,30?,32-/m0/s1. The maximum atomic E-state index is 12.7. The van der Waals surface area contributed by atoms with Crippen molar-refractivity contribution in [3.63, 3.8) is 0 Å². The molecule has 2 saturated carbocycles. The summed E-state index contributed by atoms with van der Waals surface area (Å²) < 4.78 is 6.09. The Labute approximate surface area is 220 Å². The highest BCUT2D eigenvalue weighted by molar-refractivity contribution is 5.67. The second-order valence-electron chi connectivity index (χ2n) is 12.5. The molecule has 4 rings (SSSR count). The molecule has 0 saturated heterocycles. The highest BCUT2D eigenvalue weighted by Crippen LogP contribution is 2.62. The van der Waals surface area contributed by atoms with Gasteiger partial charge in [0.05, 0.1) is 0 Å². The maximum Gasteiger partial charge on any atom is 0.407 e. The Bertz CT molecular complexity index is 854. The number of phenolic OH excluding ortho intramolecular Hbond substituents is 1. The number of nitrogens with one attached hydrogen (secondary N) is 1. The van der Waals surface area contributed by atoms with Gasteiger partial charge in [-0.1, -0.05) is 84.6 Å². The second-order valence-corrected chi connectivity index (χ2v) is 12.5. The largest absolute Gasteiger partial charge is 0.508 e. The fraction of sp³-hybridized carbons (Fsp3) is 0.781. The first-order valence-electron chi connectivity index (χ1n) is 15.2. The van der Waals surface area contributed by atoms with E-state index in [1.165, 1.54) is 68.9 Å². The van der Waals surface area contributed by atoms with Gasteiger partial charge in [-0.15, -0.1) is 0 Å². The van der Waals surface area contributed by atoms with E-state index in [9.17, 15) is 9.90 Å². The lowest BCUT2D eigenvalue weighted by Gasteiger charge is -2.52. The van der Waals surface area contributed by atoms with Gasteiger partial charge in [0.2, 0.25) is 0 Å². The third-order valence-corrected chi connectivity index (χ3v) is 10.0. The summed E-state index contributed by atoms with van der Waals surface area (Å²) in [5, 5.41) is 13.0. The summed E-state index contributed by atoms with van der Waals surface area (Å²) in [6, 6.07) is 6.01. The molecule has 1 amide bonds. The Hall–Kier alpha value is -1.71. The Balaban J connectivity index is 1.19. The molecule has 202 valence electrons. The molecule has 1 aromatic carbocycles. The predicted octanol–water partition coefficient (Wildman–Crippen LogP) is 8.51. The van der Waals surface area contributed by atoms with E-state index in [1.54, 1.807) is 0 Å². The SMILES string of the molecule is CCCCCCCCCCCCNC(=O)O[C@H]1CCC2C3C(CC[C@@]21C)c1ccc(O)cc1C[C@@H]3C. The summed E-state index contributed by atoms with van der Waals surface area (Å²) in [5.41, 5.74) is 2.87. The summed E-state index contributed by atoms with van der Waals surface area (Å²) >= 11 is 0. The van der Waals surface area contributed by atoms with Crippen molar-refractivity contribution in [2.45, 2.75) is 129 Å². The van der Waals surface area contributed by atoms with E-state index < -0.39 is 0 Å². The van der Waals surface area contributed by atoms with Gasteiger partial charge in [0.15, 0.2) is 0 Å². The van der Waals surface area contributed by atoms with Gasteiger partial charge in [0, 0.05) is 12.0 Å². The van der Waals surface area contributed by atoms with Crippen LogP contribution in [0.4, 0.5) is 4.79 Å². The number of rotatable bonds is 12. The van der Waals surface area contributed by atoms with Gasteiger partial charge in [-0.25, -0.2) is 4.79 Å². The van der Waals surface area contributed by atoms with Crippen molar-refractivity contribution in [2.24, 2.45) is 23.2 Å². The Kier molecular flexibility index (Phi) is 9.64. The van der Waals surface area contributed by atoms with E-state index in [4.69, 9.17) is 4.74 Å². The van der Waals surface area contributed by atoms with Crippen LogP contribution in [0.2, 0.25) is 0 Å². The number of unbranched alkanes of at least 4 members (excludes halogenated alkanes) is 9. The van der Waals surface area contributed by atoms with Crippen molar-refractivity contribution in [3.05, 3.63) is 29.3 Å². The Morgan fingerprint density at radius 1 is 1.03 bits per heavy atom. The van der Waals surface area contributed by atoms with Gasteiger partial charge in [-0.3, -0.25) is 0 Å². The van der Waals surface area contributed by atoms with Crippen molar-refractivity contribution in [2.75, 3.05) is 6.54 Å². The van der Waals surface area contributed by atoms with E-state index in [0.29, 0.717) is 29.4 Å². The molecule has 4 nitrogen and oxygen atoms in total. The summed E-state index contributed by atoms with van der Waals surface area (Å²) in [7, 11) is 0. The van der Waals surface area contributed by atoms with Crippen molar-refractivity contribution in [1.29, 1.82) is 0 Å². The first-order chi connectivity index (χ1) is 17.4. The lowest BCUT2D eigenvalue weighted by Crippen LogP contribution is -2.48. The highest BCUT2D eigenvalue weighted by atomic mass is 16.6. The van der Waals surface area contributed by atoms with Crippen molar-refractivity contribution >= 4 is 6.09 Å². The molecule has 3 aliphatic carbocycles. The molecule has 2 fully saturated rings. The van der Waals surface area contributed by atoms with Crippen LogP contribution in [0.25, 0.3) is 0 Å². The van der Waals surface area contributed by atoms with Gasteiger partial charge < -0.3 is 15.2 Å². The fourth-order valence-electron chi connectivity index (χ4n) is 8.08. The van der Waals surface area contributed by atoms with Crippen LogP contribution in [0.3, 0.4) is 0 Å². The molecular formula is C32H51NO3. The molecule has 1 aromatic rings. The topological polar surface area (TPSA) is 58.6 Å². The molecule has 4 heteroatoms. The van der Waals surface area contributed by atoms with Crippen LogP contribution in [0.5, 0.6) is 5.75 Å². The number of fused-ring (bicyclic) bond motifs is 5.